The molecule has 0 radical (unpaired) electrons. The van der Waals surface area contributed by atoms with Crippen molar-refractivity contribution in [3.63, 3.8) is 0 Å². The first-order valence-corrected chi connectivity index (χ1v) is 11.0. The molecule has 33 heavy (non-hydrogen) atoms. The van der Waals surface area contributed by atoms with Crippen LogP contribution >= 0.6 is 0 Å². The number of unbranched alkanes of at least 4 members (excludes halogenated alkanes) is 2. The van der Waals surface area contributed by atoms with E-state index in [0.717, 1.165) is 36.1 Å². The van der Waals surface area contributed by atoms with Crippen LogP contribution in [0.3, 0.4) is 0 Å². The summed E-state index contributed by atoms with van der Waals surface area (Å²) in [7, 11) is 3.19. The largest absolute Gasteiger partial charge is 0.493 e. The Morgan fingerprint density at radius 2 is 1.79 bits per heavy atom. The van der Waals surface area contributed by atoms with Crippen LogP contribution in [0, 0.1) is 0 Å². The smallest absolute Gasteiger partial charge is 0.349 e. The number of nitrogens with one attached hydrogen (secondary N) is 2. The van der Waals surface area contributed by atoms with Gasteiger partial charge in [0.25, 0.3) is 0 Å². The molecule has 0 atom stereocenters. The average molecular weight is 459 g/mol. The number of anilines is 1. The average Bonchev–Trinajstić information content (AvgIpc) is 2.81. The number of methoxy groups -OCH3 is 2. The van der Waals surface area contributed by atoms with Crippen LogP contribution in [0.4, 0.5) is 5.82 Å². The number of carboxylic acids is 1. The van der Waals surface area contributed by atoms with Gasteiger partial charge in [-0.05, 0) is 43.4 Å². The van der Waals surface area contributed by atoms with Crippen molar-refractivity contribution in [2.45, 2.75) is 45.1 Å². The second kappa shape index (κ2) is 11.3. The molecule has 0 saturated carbocycles. The Bertz CT molecular complexity index is 1070. The molecule has 3 N–H and O–H groups in total. The number of hydrogen-bond acceptors (Lipinski definition) is 7. The van der Waals surface area contributed by atoms with E-state index in [9.17, 15) is 14.4 Å². The first kappa shape index (κ1) is 24.1. The summed E-state index contributed by atoms with van der Waals surface area (Å²) in [6.07, 6.45) is 3.05. The van der Waals surface area contributed by atoms with Crippen molar-refractivity contribution in [3.8, 4) is 22.8 Å². The predicted molar refractivity (Wildman–Crippen MR) is 123 cm³/mol. The van der Waals surface area contributed by atoms with E-state index in [4.69, 9.17) is 14.6 Å². The van der Waals surface area contributed by atoms with Gasteiger partial charge in [-0.15, -0.1) is 0 Å². The van der Waals surface area contributed by atoms with Crippen molar-refractivity contribution >= 4 is 17.7 Å². The van der Waals surface area contributed by atoms with Crippen LogP contribution in [-0.2, 0) is 22.6 Å². The maximum absolute atomic E-state index is 12.6. The number of amides is 1. The molecule has 0 bridgehead atoms. The Balaban J connectivity index is 1.55. The normalized spacial score (nSPS) is 11.8. The van der Waals surface area contributed by atoms with E-state index >= 15 is 0 Å². The van der Waals surface area contributed by atoms with E-state index < -0.39 is 5.97 Å². The second-order valence-corrected chi connectivity index (χ2v) is 7.81. The molecule has 1 amide bonds. The van der Waals surface area contributed by atoms with Crippen LogP contribution in [-0.4, -0.2) is 53.8 Å². The van der Waals surface area contributed by atoms with Gasteiger partial charge in [-0.1, -0.05) is 0 Å². The molecule has 3 rings (SSSR count). The number of benzene rings is 1. The number of aryl methyl sites for hydroxylation is 1. The van der Waals surface area contributed by atoms with E-state index in [1.165, 1.54) is 0 Å². The van der Waals surface area contributed by atoms with Gasteiger partial charge in [0.15, 0.2) is 11.5 Å². The fourth-order valence-corrected chi connectivity index (χ4v) is 3.81. The number of ether oxygens (including phenoxy) is 2. The lowest BCUT2D eigenvalue weighted by Crippen LogP contribution is -2.29. The van der Waals surface area contributed by atoms with Crippen molar-refractivity contribution in [1.29, 1.82) is 0 Å². The molecule has 1 aromatic heterocycles. The first-order chi connectivity index (χ1) is 15.9. The Morgan fingerprint density at radius 3 is 2.52 bits per heavy atom. The number of carboxylic acid groups (broad SMARTS) is 1. The fourth-order valence-electron chi connectivity index (χ4n) is 3.81. The summed E-state index contributed by atoms with van der Waals surface area (Å²) in [5.41, 5.74) is 2.53. The number of aliphatic carboxylic acids is 1. The van der Waals surface area contributed by atoms with Crippen LogP contribution in [0.25, 0.3) is 11.3 Å². The number of carbonyl (C=O) groups is 2. The van der Waals surface area contributed by atoms with E-state index in [-0.39, 0.29) is 24.4 Å². The van der Waals surface area contributed by atoms with Crippen molar-refractivity contribution in [3.05, 3.63) is 34.2 Å². The highest BCUT2D eigenvalue weighted by Crippen LogP contribution is 2.38. The topological polar surface area (TPSA) is 132 Å². The molecule has 0 saturated heterocycles. The lowest BCUT2D eigenvalue weighted by molar-refractivity contribution is -0.138. The highest BCUT2D eigenvalue weighted by Gasteiger charge is 2.21. The van der Waals surface area contributed by atoms with Gasteiger partial charge in [-0.25, -0.2) is 4.79 Å². The van der Waals surface area contributed by atoms with Gasteiger partial charge in [0.2, 0.25) is 5.91 Å². The molecule has 0 spiro atoms. The Morgan fingerprint density at radius 1 is 1.06 bits per heavy atom. The third-order valence-electron chi connectivity index (χ3n) is 5.55. The fraction of sp³-hybridized carbons (Fsp3) is 0.478. The van der Waals surface area contributed by atoms with Gasteiger partial charge in [0.1, 0.15) is 5.82 Å². The highest BCUT2D eigenvalue weighted by molar-refractivity contribution is 5.80. The summed E-state index contributed by atoms with van der Waals surface area (Å²) < 4.78 is 12.5. The summed E-state index contributed by atoms with van der Waals surface area (Å²) in [6.45, 7) is 1.71. The minimum atomic E-state index is -0.978. The van der Waals surface area contributed by atoms with Gasteiger partial charge in [-0.3, -0.25) is 14.2 Å². The van der Waals surface area contributed by atoms with E-state index in [1.807, 2.05) is 18.2 Å². The zero-order valence-electron chi connectivity index (χ0n) is 19.0. The van der Waals surface area contributed by atoms with Crippen LogP contribution < -0.4 is 25.8 Å². The minimum Gasteiger partial charge on any atom is -0.493 e. The summed E-state index contributed by atoms with van der Waals surface area (Å²) in [5, 5.41) is 14.5. The Hall–Kier alpha value is -3.56. The lowest BCUT2D eigenvalue weighted by Gasteiger charge is -2.23. The van der Waals surface area contributed by atoms with Gasteiger partial charge in [0, 0.05) is 37.7 Å². The maximum Gasteiger partial charge on any atom is 0.349 e. The van der Waals surface area contributed by atoms with E-state index in [0.29, 0.717) is 43.4 Å². The summed E-state index contributed by atoms with van der Waals surface area (Å²) in [5.74, 6) is 0.574. The zero-order chi connectivity index (χ0) is 23.8. The van der Waals surface area contributed by atoms with Gasteiger partial charge in [-0.2, -0.15) is 4.98 Å². The zero-order valence-corrected chi connectivity index (χ0v) is 19.0. The first-order valence-electron chi connectivity index (χ1n) is 11.0. The van der Waals surface area contributed by atoms with Crippen LogP contribution in [0.2, 0.25) is 0 Å². The predicted octanol–water partition coefficient (Wildman–Crippen LogP) is 2.05. The number of nitrogens with zero attached hydrogens (tertiary/aromatic N) is 2. The molecule has 178 valence electrons. The summed E-state index contributed by atoms with van der Waals surface area (Å²) in [4.78, 5) is 38.7. The van der Waals surface area contributed by atoms with Crippen molar-refractivity contribution in [2.24, 2.45) is 0 Å². The standard InChI is InChI=1S/C23H30N4O6/c1-32-18-12-15-8-11-27-17(16(15)13-19(18)33-2)14-20(26-23(27)31)24-9-4-3-5-10-25-21(28)6-7-22(29)30/h12-14H,3-11H2,1-2H3,(H,25,28)(H,29,30)(H,24,26,31). The van der Waals surface area contributed by atoms with Crippen molar-refractivity contribution < 1.29 is 24.2 Å². The van der Waals surface area contributed by atoms with Crippen LogP contribution in [0.1, 0.15) is 37.7 Å². The molecule has 2 heterocycles. The SMILES string of the molecule is COc1cc2c(cc1OC)-c1cc(NCCCCCNC(=O)CCC(=O)O)nc(=O)n1CC2. The number of aromatic nitrogens is 2. The summed E-state index contributed by atoms with van der Waals surface area (Å²) in [6, 6.07) is 5.73. The summed E-state index contributed by atoms with van der Waals surface area (Å²) >= 11 is 0. The quantitative estimate of drug-likeness (QED) is 0.412. The maximum atomic E-state index is 12.6. The highest BCUT2D eigenvalue weighted by atomic mass is 16.5. The number of fused-ring (bicyclic) bond motifs is 3. The third kappa shape index (κ3) is 6.24. The minimum absolute atomic E-state index is 0.00177. The van der Waals surface area contributed by atoms with Crippen molar-refractivity contribution in [1.82, 2.24) is 14.9 Å². The molecule has 1 aromatic carbocycles. The van der Waals surface area contributed by atoms with Gasteiger partial charge < -0.3 is 25.2 Å². The van der Waals surface area contributed by atoms with Crippen LogP contribution in [0.5, 0.6) is 11.5 Å². The Labute approximate surface area is 191 Å². The van der Waals surface area contributed by atoms with E-state index in [1.54, 1.807) is 18.8 Å². The molecular formula is C23H30N4O6. The van der Waals surface area contributed by atoms with Gasteiger partial charge >= 0.3 is 11.7 Å². The molecule has 10 nitrogen and oxygen atoms in total. The van der Waals surface area contributed by atoms with Gasteiger partial charge in [0.05, 0.1) is 26.3 Å². The molecule has 1 aliphatic rings. The lowest BCUT2D eigenvalue weighted by atomic mass is 9.97. The third-order valence-corrected chi connectivity index (χ3v) is 5.55. The van der Waals surface area contributed by atoms with E-state index in [2.05, 4.69) is 15.6 Å². The van der Waals surface area contributed by atoms with Crippen LogP contribution in [0.15, 0.2) is 23.0 Å². The molecule has 0 fully saturated rings. The molecule has 2 aromatic rings. The number of carbonyl (C=O) groups excluding carboxylic acids is 1. The number of rotatable bonds is 12. The molecule has 10 heteroatoms. The molecule has 0 aliphatic carbocycles. The molecule has 1 aliphatic heterocycles. The Kier molecular flexibility index (Phi) is 8.28. The second-order valence-electron chi connectivity index (χ2n) is 7.81. The molecular weight excluding hydrogens is 428 g/mol. The monoisotopic (exact) mass is 458 g/mol. The van der Waals surface area contributed by atoms with Crippen molar-refractivity contribution in [2.75, 3.05) is 32.6 Å². The number of hydrogen-bond donors (Lipinski definition) is 3. The molecule has 0 unspecified atom stereocenters.